The highest BCUT2D eigenvalue weighted by molar-refractivity contribution is 6.33. The number of halogens is 1. The Morgan fingerprint density at radius 3 is 2.52 bits per heavy atom. The van der Waals surface area contributed by atoms with Crippen LogP contribution in [0.2, 0.25) is 5.02 Å². The van der Waals surface area contributed by atoms with E-state index in [2.05, 4.69) is 0 Å². The van der Waals surface area contributed by atoms with E-state index in [9.17, 15) is 14.9 Å². The van der Waals surface area contributed by atoms with Crippen LogP contribution in [0.15, 0.2) is 48.0 Å². The molecule has 0 saturated heterocycles. The number of carbonyl (C=O) groups excluding carboxylic acids is 2. The minimum Gasteiger partial charge on any atom is -0.493 e. The molecular formula is C21H18ClNO6. The van der Waals surface area contributed by atoms with Crippen LogP contribution in [0.5, 0.6) is 11.5 Å². The van der Waals surface area contributed by atoms with Gasteiger partial charge in [0.1, 0.15) is 18.2 Å². The lowest BCUT2D eigenvalue weighted by molar-refractivity contribution is -0.139. The largest absolute Gasteiger partial charge is 0.493 e. The van der Waals surface area contributed by atoms with E-state index in [0.29, 0.717) is 5.56 Å². The van der Waals surface area contributed by atoms with E-state index in [4.69, 9.17) is 30.5 Å². The number of hydrogen-bond donors (Lipinski definition) is 0. The van der Waals surface area contributed by atoms with Gasteiger partial charge in [-0.25, -0.2) is 9.59 Å². The minimum absolute atomic E-state index is 0.0363. The van der Waals surface area contributed by atoms with Crippen molar-refractivity contribution >= 4 is 29.6 Å². The summed E-state index contributed by atoms with van der Waals surface area (Å²) in [7, 11) is 2.88. The fourth-order valence-corrected chi connectivity index (χ4v) is 2.45. The zero-order valence-corrected chi connectivity index (χ0v) is 16.6. The minimum atomic E-state index is -0.766. The average Bonchev–Trinajstić information content (AvgIpc) is 2.73. The summed E-state index contributed by atoms with van der Waals surface area (Å²) in [6.07, 6.45) is 1.34. The zero-order valence-electron chi connectivity index (χ0n) is 15.8. The van der Waals surface area contributed by atoms with Crippen LogP contribution in [0.25, 0.3) is 6.08 Å². The third-order valence-electron chi connectivity index (χ3n) is 3.66. The van der Waals surface area contributed by atoms with E-state index in [-0.39, 0.29) is 40.9 Å². The summed E-state index contributed by atoms with van der Waals surface area (Å²) in [4.78, 5) is 24.3. The molecule has 0 N–H and O–H groups in total. The summed E-state index contributed by atoms with van der Waals surface area (Å²) in [6.45, 7) is 0.262. The highest BCUT2D eigenvalue weighted by atomic mass is 35.5. The topological polar surface area (TPSA) is 94.9 Å². The zero-order chi connectivity index (χ0) is 21.2. The monoisotopic (exact) mass is 415 g/mol. The van der Waals surface area contributed by atoms with Gasteiger partial charge in [-0.1, -0.05) is 29.8 Å². The molecule has 29 heavy (non-hydrogen) atoms. The van der Waals surface area contributed by atoms with Gasteiger partial charge < -0.3 is 18.9 Å². The van der Waals surface area contributed by atoms with Crippen LogP contribution in [0.3, 0.4) is 0 Å². The van der Waals surface area contributed by atoms with Crippen LogP contribution >= 0.6 is 11.6 Å². The van der Waals surface area contributed by atoms with Crippen LogP contribution < -0.4 is 9.47 Å². The van der Waals surface area contributed by atoms with Gasteiger partial charge in [-0.2, -0.15) is 5.26 Å². The SMILES string of the molecule is COCCOC(=O)/C(C#N)=C/c1ccc(OC(=O)c2ccccc2Cl)c(OC)c1. The van der Waals surface area contributed by atoms with Crippen molar-refractivity contribution in [2.45, 2.75) is 0 Å². The number of esters is 2. The van der Waals surface area contributed by atoms with Gasteiger partial charge in [0.25, 0.3) is 0 Å². The summed E-state index contributed by atoms with van der Waals surface area (Å²) in [5.41, 5.74) is 0.509. The first kappa shape index (κ1) is 22.0. The highest BCUT2D eigenvalue weighted by Gasteiger charge is 2.16. The fraction of sp³-hybridized carbons (Fsp3) is 0.190. The number of benzene rings is 2. The standard InChI is InChI=1S/C21H18ClNO6/c1-26-9-10-28-20(24)15(13-23)11-14-7-8-18(19(12-14)27-2)29-21(25)16-5-3-4-6-17(16)22/h3-8,11-12H,9-10H2,1-2H3/b15-11+. The van der Waals surface area contributed by atoms with Gasteiger partial charge in [0.2, 0.25) is 0 Å². The van der Waals surface area contributed by atoms with E-state index in [1.54, 1.807) is 36.4 Å². The maximum Gasteiger partial charge on any atom is 0.348 e. The molecule has 0 unspecified atom stereocenters. The van der Waals surface area contributed by atoms with E-state index in [1.165, 1.54) is 32.4 Å². The molecule has 0 spiro atoms. The van der Waals surface area contributed by atoms with Crippen molar-refractivity contribution in [1.29, 1.82) is 5.26 Å². The molecule has 0 aliphatic carbocycles. The van der Waals surface area contributed by atoms with Crippen LogP contribution in [-0.4, -0.2) is 39.4 Å². The summed E-state index contributed by atoms with van der Waals surface area (Å²) < 4.78 is 20.3. The van der Waals surface area contributed by atoms with Gasteiger partial charge >= 0.3 is 11.9 Å². The lowest BCUT2D eigenvalue weighted by Gasteiger charge is -2.11. The molecule has 0 aliphatic rings. The van der Waals surface area contributed by atoms with Gasteiger partial charge in [-0.05, 0) is 35.9 Å². The number of nitrogens with zero attached hydrogens (tertiary/aromatic N) is 1. The molecule has 0 radical (unpaired) electrons. The lowest BCUT2D eigenvalue weighted by Crippen LogP contribution is -2.11. The Hall–Kier alpha value is -3.34. The van der Waals surface area contributed by atoms with Crippen molar-refractivity contribution in [3.05, 3.63) is 64.2 Å². The Kier molecular flexibility index (Phi) is 8.22. The lowest BCUT2D eigenvalue weighted by atomic mass is 10.1. The molecule has 0 atom stereocenters. The van der Waals surface area contributed by atoms with Crippen LogP contribution in [0.1, 0.15) is 15.9 Å². The molecule has 0 aromatic heterocycles. The predicted molar refractivity (Wildman–Crippen MR) is 106 cm³/mol. The van der Waals surface area contributed by atoms with Gasteiger partial charge in [0.05, 0.1) is 24.3 Å². The van der Waals surface area contributed by atoms with Gasteiger partial charge in [-0.15, -0.1) is 0 Å². The van der Waals surface area contributed by atoms with Gasteiger partial charge in [0, 0.05) is 7.11 Å². The molecule has 0 bridgehead atoms. The molecule has 0 fully saturated rings. The van der Waals surface area contributed by atoms with E-state index in [0.717, 1.165) is 0 Å². The number of hydrogen-bond acceptors (Lipinski definition) is 7. The molecule has 2 rings (SSSR count). The second kappa shape index (κ2) is 10.9. The van der Waals surface area contributed by atoms with Crippen LogP contribution in [0.4, 0.5) is 0 Å². The quantitative estimate of drug-likeness (QED) is 0.213. The Morgan fingerprint density at radius 1 is 1.10 bits per heavy atom. The molecule has 0 saturated carbocycles. The molecule has 2 aromatic carbocycles. The number of carbonyl (C=O) groups is 2. The summed E-state index contributed by atoms with van der Waals surface area (Å²) >= 11 is 6.01. The van der Waals surface area contributed by atoms with Crippen molar-refractivity contribution in [3.8, 4) is 17.6 Å². The third-order valence-corrected chi connectivity index (χ3v) is 3.99. The first-order valence-electron chi connectivity index (χ1n) is 8.42. The summed E-state index contributed by atoms with van der Waals surface area (Å²) in [6, 6.07) is 12.9. The normalized spacial score (nSPS) is 10.8. The number of nitriles is 1. The maximum atomic E-state index is 12.3. The Morgan fingerprint density at radius 2 is 1.86 bits per heavy atom. The smallest absolute Gasteiger partial charge is 0.348 e. The Balaban J connectivity index is 2.21. The number of rotatable bonds is 8. The van der Waals surface area contributed by atoms with Crippen molar-refractivity contribution < 1.29 is 28.5 Å². The first-order chi connectivity index (χ1) is 14.0. The van der Waals surface area contributed by atoms with Gasteiger partial charge in [0.15, 0.2) is 11.5 Å². The first-order valence-corrected chi connectivity index (χ1v) is 8.80. The van der Waals surface area contributed by atoms with Crippen molar-refractivity contribution in [1.82, 2.24) is 0 Å². The Bertz CT molecular complexity index is 964. The van der Waals surface area contributed by atoms with Gasteiger partial charge in [-0.3, -0.25) is 0 Å². The summed E-state index contributed by atoms with van der Waals surface area (Å²) in [5, 5.41) is 9.47. The predicted octanol–water partition coefficient (Wildman–Crippen LogP) is 3.66. The fourth-order valence-electron chi connectivity index (χ4n) is 2.24. The molecule has 0 aliphatic heterocycles. The van der Waals surface area contributed by atoms with Crippen LogP contribution in [0, 0.1) is 11.3 Å². The van der Waals surface area contributed by atoms with E-state index in [1.807, 2.05) is 0 Å². The number of ether oxygens (including phenoxy) is 4. The molecule has 0 heterocycles. The molecule has 0 amide bonds. The third kappa shape index (κ3) is 6.07. The van der Waals surface area contributed by atoms with E-state index >= 15 is 0 Å². The Labute approximate surface area is 173 Å². The molecule has 7 nitrogen and oxygen atoms in total. The maximum absolute atomic E-state index is 12.3. The molecule has 2 aromatic rings. The number of methoxy groups -OCH3 is 2. The van der Waals surface area contributed by atoms with Crippen LogP contribution in [-0.2, 0) is 14.3 Å². The summed E-state index contributed by atoms with van der Waals surface area (Å²) in [5.74, 6) is -1.01. The van der Waals surface area contributed by atoms with Crippen molar-refractivity contribution in [2.24, 2.45) is 0 Å². The molecule has 8 heteroatoms. The molecule has 150 valence electrons. The van der Waals surface area contributed by atoms with E-state index < -0.39 is 11.9 Å². The average molecular weight is 416 g/mol. The molecular weight excluding hydrogens is 398 g/mol. The highest BCUT2D eigenvalue weighted by Crippen LogP contribution is 2.30. The second-order valence-corrected chi connectivity index (χ2v) is 5.99. The van der Waals surface area contributed by atoms with Crippen molar-refractivity contribution in [2.75, 3.05) is 27.4 Å². The van der Waals surface area contributed by atoms with Crippen molar-refractivity contribution in [3.63, 3.8) is 0 Å². The second-order valence-electron chi connectivity index (χ2n) is 5.58.